The molecule has 4 rings (SSSR count). The largest absolute Gasteiger partial charge is 0.443 e. The quantitative estimate of drug-likeness (QED) is 0.696. The Hall–Kier alpha value is -2.40. The zero-order valence-corrected chi connectivity index (χ0v) is 14.8. The molecule has 25 heavy (non-hydrogen) atoms. The molecule has 128 valence electrons. The van der Waals surface area contributed by atoms with Crippen molar-refractivity contribution < 1.29 is 4.42 Å². The number of aromatic nitrogens is 3. The molecule has 1 atom stereocenters. The summed E-state index contributed by atoms with van der Waals surface area (Å²) in [7, 11) is 0. The van der Waals surface area contributed by atoms with Gasteiger partial charge in [-0.15, -0.1) is 0 Å². The number of hydrogen-bond acceptors (Lipinski definition) is 5. The Labute approximate surface area is 151 Å². The highest BCUT2D eigenvalue weighted by molar-refractivity contribution is 6.31. The highest BCUT2D eigenvalue weighted by Gasteiger charge is 2.31. The van der Waals surface area contributed by atoms with Crippen LogP contribution in [0.25, 0.3) is 0 Å². The summed E-state index contributed by atoms with van der Waals surface area (Å²) >= 11 is 6.24. The minimum Gasteiger partial charge on any atom is -0.443 e. The number of nitrogens with zero attached hydrogens (tertiary/aromatic N) is 4. The lowest BCUT2D eigenvalue weighted by atomic mass is 10.1. The van der Waals surface area contributed by atoms with Gasteiger partial charge in [0.25, 0.3) is 0 Å². The summed E-state index contributed by atoms with van der Waals surface area (Å²) in [6.07, 6.45) is 6.16. The monoisotopic (exact) mass is 354 g/mol. The van der Waals surface area contributed by atoms with Crippen molar-refractivity contribution in [2.45, 2.75) is 32.2 Å². The highest BCUT2D eigenvalue weighted by Crippen LogP contribution is 2.35. The van der Waals surface area contributed by atoms with Crippen LogP contribution in [0.5, 0.6) is 0 Å². The third-order valence-electron chi connectivity index (χ3n) is 4.52. The van der Waals surface area contributed by atoms with Gasteiger partial charge in [-0.2, -0.15) is 0 Å². The van der Waals surface area contributed by atoms with Gasteiger partial charge in [0, 0.05) is 29.7 Å². The van der Waals surface area contributed by atoms with Gasteiger partial charge in [0.1, 0.15) is 23.9 Å². The molecule has 0 saturated carbocycles. The van der Waals surface area contributed by atoms with Crippen LogP contribution in [0.3, 0.4) is 0 Å². The van der Waals surface area contributed by atoms with Crippen LogP contribution in [0.4, 0.5) is 5.82 Å². The van der Waals surface area contributed by atoms with Gasteiger partial charge in [-0.1, -0.05) is 29.8 Å². The van der Waals surface area contributed by atoms with Gasteiger partial charge in [0.2, 0.25) is 5.89 Å². The minimum absolute atomic E-state index is 0.120. The van der Waals surface area contributed by atoms with Crippen molar-refractivity contribution in [3.63, 3.8) is 0 Å². The van der Waals surface area contributed by atoms with Gasteiger partial charge in [0.15, 0.2) is 0 Å². The number of rotatable bonds is 4. The molecule has 0 amide bonds. The lowest BCUT2D eigenvalue weighted by Gasteiger charge is -2.23. The molecule has 0 radical (unpaired) electrons. The summed E-state index contributed by atoms with van der Waals surface area (Å²) in [5.74, 6) is 2.51. The maximum atomic E-state index is 6.24. The Morgan fingerprint density at radius 2 is 2.12 bits per heavy atom. The van der Waals surface area contributed by atoms with E-state index in [0.717, 1.165) is 53.1 Å². The second-order valence-electron chi connectivity index (χ2n) is 6.30. The van der Waals surface area contributed by atoms with Crippen LogP contribution < -0.4 is 4.90 Å². The molecule has 3 aromatic rings. The number of hydrogen-bond donors (Lipinski definition) is 0. The molecule has 0 aliphatic carbocycles. The molecule has 1 fully saturated rings. The van der Waals surface area contributed by atoms with Crippen LogP contribution in [0.1, 0.15) is 41.8 Å². The van der Waals surface area contributed by atoms with Crippen LogP contribution in [0.15, 0.2) is 47.3 Å². The molecule has 0 unspecified atom stereocenters. The fourth-order valence-electron chi connectivity index (χ4n) is 3.28. The Morgan fingerprint density at radius 1 is 1.24 bits per heavy atom. The average molecular weight is 355 g/mol. The van der Waals surface area contributed by atoms with Crippen molar-refractivity contribution >= 4 is 17.4 Å². The average Bonchev–Trinajstić information content (AvgIpc) is 3.26. The number of oxazole rings is 1. The topological polar surface area (TPSA) is 55.1 Å². The van der Waals surface area contributed by atoms with Crippen molar-refractivity contribution in [1.29, 1.82) is 0 Å². The van der Waals surface area contributed by atoms with Gasteiger partial charge in [-0.25, -0.2) is 15.0 Å². The van der Waals surface area contributed by atoms with Crippen LogP contribution in [0, 0.1) is 6.92 Å². The molecule has 0 spiro atoms. The first-order chi connectivity index (χ1) is 12.2. The molecule has 3 heterocycles. The molecule has 6 heteroatoms. The van der Waals surface area contributed by atoms with Crippen LogP contribution in [-0.4, -0.2) is 21.5 Å². The molecule has 1 saturated heterocycles. The Morgan fingerprint density at radius 3 is 2.96 bits per heavy atom. The normalized spacial score (nSPS) is 17.2. The SMILES string of the molecule is Cc1cc(N2CCC[C@H]2c2ncc(Cc3ccccc3Cl)o2)ncn1. The van der Waals surface area contributed by atoms with Gasteiger partial charge < -0.3 is 9.32 Å². The second-order valence-corrected chi connectivity index (χ2v) is 6.71. The highest BCUT2D eigenvalue weighted by atomic mass is 35.5. The predicted molar refractivity (Wildman–Crippen MR) is 96.9 cm³/mol. The standard InChI is InChI=1S/C19H19ClN4O/c1-13-9-18(23-12-22-13)24-8-4-7-17(24)19-21-11-15(25-19)10-14-5-2-3-6-16(14)20/h2-3,5-6,9,11-12,17H,4,7-8,10H2,1H3/t17-/m0/s1. The lowest BCUT2D eigenvalue weighted by molar-refractivity contribution is 0.424. The van der Waals surface area contributed by atoms with Crippen LogP contribution >= 0.6 is 11.6 Å². The Balaban J connectivity index is 1.56. The van der Waals surface area contributed by atoms with Crippen LogP contribution in [0.2, 0.25) is 5.02 Å². The summed E-state index contributed by atoms with van der Waals surface area (Å²) < 4.78 is 6.05. The minimum atomic E-state index is 0.120. The van der Waals surface area contributed by atoms with E-state index in [1.807, 2.05) is 37.3 Å². The molecular weight excluding hydrogens is 336 g/mol. The molecule has 2 aromatic heterocycles. The van der Waals surface area contributed by atoms with Gasteiger partial charge >= 0.3 is 0 Å². The van der Waals surface area contributed by atoms with E-state index in [1.54, 1.807) is 12.5 Å². The molecule has 5 nitrogen and oxygen atoms in total. The summed E-state index contributed by atoms with van der Waals surface area (Å²) in [4.78, 5) is 15.4. The number of anilines is 1. The van der Waals surface area contributed by atoms with E-state index in [-0.39, 0.29) is 6.04 Å². The molecule has 1 aliphatic heterocycles. The zero-order chi connectivity index (χ0) is 17.2. The molecule has 0 N–H and O–H groups in total. The molecule has 1 aromatic carbocycles. The van der Waals surface area contributed by atoms with E-state index in [1.165, 1.54) is 0 Å². The first-order valence-corrected chi connectivity index (χ1v) is 8.82. The van der Waals surface area contributed by atoms with Crippen LogP contribution in [-0.2, 0) is 6.42 Å². The van der Waals surface area contributed by atoms with E-state index in [2.05, 4.69) is 19.9 Å². The Bertz CT molecular complexity index is 879. The molecule has 0 bridgehead atoms. The number of halogens is 1. The van der Waals surface area contributed by atoms with Gasteiger partial charge in [-0.05, 0) is 31.4 Å². The first kappa shape index (κ1) is 16.1. The maximum Gasteiger partial charge on any atom is 0.217 e. The fraction of sp³-hybridized carbons (Fsp3) is 0.316. The van der Waals surface area contributed by atoms with E-state index >= 15 is 0 Å². The summed E-state index contributed by atoms with van der Waals surface area (Å²) in [6, 6.07) is 9.94. The predicted octanol–water partition coefficient (Wildman–Crippen LogP) is 4.36. The van der Waals surface area contributed by atoms with Crippen molar-refractivity contribution in [2.75, 3.05) is 11.4 Å². The third-order valence-corrected chi connectivity index (χ3v) is 4.88. The first-order valence-electron chi connectivity index (χ1n) is 8.44. The van der Waals surface area contributed by atoms with Crippen molar-refractivity contribution in [1.82, 2.24) is 15.0 Å². The number of aryl methyl sites for hydroxylation is 1. The maximum absolute atomic E-state index is 6.24. The van der Waals surface area contributed by atoms with E-state index in [4.69, 9.17) is 16.0 Å². The van der Waals surface area contributed by atoms with E-state index in [9.17, 15) is 0 Å². The second kappa shape index (κ2) is 6.84. The third kappa shape index (κ3) is 3.37. The van der Waals surface area contributed by atoms with Crippen molar-refractivity contribution in [3.8, 4) is 0 Å². The summed E-state index contributed by atoms with van der Waals surface area (Å²) in [6.45, 7) is 2.92. The van der Waals surface area contributed by atoms with Gasteiger partial charge in [0.05, 0.1) is 6.20 Å². The summed E-state index contributed by atoms with van der Waals surface area (Å²) in [5.41, 5.74) is 2.00. The summed E-state index contributed by atoms with van der Waals surface area (Å²) in [5, 5.41) is 0.749. The molecule has 1 aliphatic rings. The Kier molecular flexibility index (Phi) is 4.40. The van der Waals surface area contributed by atoms with E-state index in [0.29, 0.717) is 6.42 Å². The van der Waals surface area contributed by atoms with Crippen molar-refractivity contribution in [2.24, 2.45) is 0 Å². The smallest absolute Gasteiger partial charge is 0.217 e. The lowest BCUT2D eigenvalue weighted by Crippen LogP contribution is -2.23. The van der Waals surface area contributed by atoms with Gasteiger partial charge in [-0.3, -0.25) is 0 Å². The van der Waals surface area contributed by atoms with Crippen molar-refractivity contribution in [3.05, 3.63) is 70.8 Å². The molecular formula is C19H19ClN4O. The zero-order valence-electron chi connectivity index (χ0n) is 14.0. The fourth-order valence-corrected chi connectivity index (χ4v) is 3.49. The number of benzene rings is 1. The van der Waals surface area contributed by atoms with E-state index < -0.39 is 0 Å².